The van der Waals surface area contributed by atoms with Crippen LogP contribution in [0.1, 0.15) is 29.6 Å². The average Bonchev–Trinajstić information content (AvgIpc) is 3.61. The Hall–Kier alpha value is -3.25. The van der Waals surface area contributed by atoms with E-state index in [2.05, 4.69) is 19.4 Å². The summed E-state index contributed by atoms with van der Waals surface area (Å²) in [4.78, 5) is 42.8. The first kappa shape index (κ1) is 32.0. The van der Waals surface area contributed by atoms with Gasteiger partial charge in [0.15, 0.2) is 0 Å². The maximum Gasteiger partial charge on any atom is 0.490 e. The first-order valence-corrected chi connectivity index (χ1v) is 12.1. The van der Waals surface area contributed by atoms with Crippen molar-refractivity contribution in [2.45, 2.75) is 44.3 Å². The number of carbonyl (C=O) groups excluding carboxylic acids is 1. The number of aromatic nitrogens is 3. The number of carboxylic acids is 2. The van der Waals surface area contributed by atoms with E-state index in [1.165, 1.54) is 5.69 Å². The fourth-order valence-electron chi connectivity index (χ4n) is 3.58. The van der Waals surface area contributed by atoms with Crippen LogP contribution in [0.25, 0.3) is 0 Å². The minimum atomic E-state index is -5.08. The molecule has 4 heterocycles. The Morgan fingerprint density at radius 3 is 2.15 bits per heavy atom. The Labute approximate surface area is 221 Å². The zero-order chi connectivity index (χ0) is 29.2. The molecule has 2 aliphatic heterocycles. The van der Waals surface area contributed by atoms with Crippen LogP contribution in [0.4, 0.5) is 26.3 Å². The molecule has 0 saturated carbocycles. The van der Waals surface area contributed by atoms with Gasteiger partial charge in [0.1, 0.15) is 11.6 Å². The molecular formula is C21H25F6N5O6S. The molecule has 2 aliphatic rings. The van der Waals surface area contributed by atoms with Gasteiger partial charge >= 0.3 is 24.3 Å². The van der Waals surface area contributed by atoms with Crippen molar-refractivity contribution in [1.82, 2.24) is 24.3 Å². The second-order valence-electron chi connectivity index (χ2n) is 8.25. The highest BCUT2D eigenvalue weighted by molar-refractivity contribution is 7.09. The topological polar surface area (TPSA) is 138 Å². The Kier molecular flexibility index (Phi) is 11.7. The van der Waals surface area contributed by atoms with Gasteiger partial charge < -0.3 is 24.4 Å². The number of ether oxygens (including phenoxy) is 1. The van der Waals surface area contributed by atoms with Crippen LogP contribution >= 0.6 is 11.3 Å². The maximum absolute atomic E-state index is 12.1. The molecule has 218 valence electrons. The summed E-state index contributed by atoms with van der Waals surface area (Å²) in [6, 6.07) is 0.178. The zero-order valence-corrected chi connectivity index (χ0v) is 21.0. The first-order chi connectivity index (χ1) is 18.2. The third kappa shape index (κ3) is 10.8. The first-order valence-electron chi connectivity index (χ1n) is 11.3. The van der Waals surface area contributed by atoms with Gasteiger partial charge in [-0.15, -0.1) is 11.3 Å². The van der Waals surface area contributed by atoms with Crippen LogP contribution in [-0.2, 0) is 32.2 Å². The van der Waals surface area contributed by atoms with Crippen LogP contribution in [0.3, 0.4) is 0 Å². The Bertz CT molecular complexity index is 1050. The van der Waals surface area contributed by atoms with Crippen molar-refractivity contribution in [2.24, 2.45) is 0 Å². The fourth-order valence-corrected chi connectivity index (χ4v) is 4.24. The molecule has 18 heteroatoms. The summed E-state index contributed by atoms with van der Waals surface area (Å²) in [6.07, 6.45) is -2.32. The van der Waals surface area contributed by atoms with E-state index in [9.17, 15) is 31.1 Å². The van der Waals surface area contributed by atoms with Gasteiger partial charge in [-0.3, -0.25) is 9.69 Å². The van der Waals surface area contributed by atoms with Crippen LogP contribution in [0.2, 0.25) is 0 Å². The average molecular weight is 590 g/mol. The lowest BCUT2D eigenvalue weighted by atomic mass is 10.2. The van der Waals surface area contributed by atoms with Crippen LogP contribution < -0.4 is 0 Å². The minimum absolute atomic E-state index is 0.110. The molecule has 4 rings (SSSR count). The number of carbonyl (C=O) groups is 3. The van der Waals surface area contributed by atoms with Gasteiger partial charge in [-0.2, -0.15) is 26.3 Å². The second kappa shape index (κ2) is 14.2. The molecule has 0 spiro atoms. The van der Waals surface area contributed by atoms with Crippen molar-refractivity contribution in [2.75, 3.05) is 32.8 Å². The summed E-state index contributed by atoms with van der Waals surface area (Å²) in [5.41, 5.74) is 1.18. The van der Waals surface area contributed by atoms with E-state index in [-0.39, 0.29) is 18.6 Å². The number of thiazole rings is 1. The summed E-state index contributed by atoms with van der Waals surface area (Å²) in [5.74, 6) is -5.40. The number of fused-ring (bicyclic) bond motifs is 1. The van der Waals surface area contributed by atoms with Crippen LogP contribution in [0.5, 0.6) is 0 Å². The Balaban J connectivity index is 0.000000317. The molecule has 2 aromatic rings. The van der Waals surface area contributed by atoms with Crippen molar-refractivity contribution in [3.05, 3.63) is 34.8 Å². The van der Waals surface area contributed by atoms with Gasteiger partial charge in [0.05, 0.1) is 31.2 Å². The number of aliphatic carboxylic acids is 2. The normalized spacial score (nSPS) is 17.4. The molecule has 1 amide bonds. The molecule has 0 aromatic carbocycles. The number of alkyl halides is 6. The molecule has 11 nitrogen and oxygen atoms in total. The molecule has 2 aromatic heterocycles. The third-order valence-corrected chi connectivity index (χ3v) is 6.08. The fraction of sp³-hybridized carbons (Fsp3) is 0.571. The van der Waals surface area contributed by atoms with E-state index < -0.39 is 24.3 Å². The van der Waals surface area contributed by atoms with Crippen molar-refractivity contribution >= 4 is 29.2 Å². The SMILES string of the molecule is O=C(COCC1CN(Cc2nccs2)Cc2cncn21)N1CCCC1.O=C(O)C(F)(F)F.O=C(O)C(F)(F)F. The van der Waals surface area contributed by atoms with Crippen LogP contribution in [0.15, 0.2) is 24.1 Å². The predicted molar refractivity (Wildman–Crippen MR) is 122 cm³/mol. The number of halogens is 6. The van der Waals surface area contributed by atoms with Crippen LogP contribution in [0, 0.1) is 0 Å². The molecule has 1 unspecified atom stereocenters. The van der Waals surface area contributed by atoms with E-state index in [0.717, 1.165) is 50.6 Å². The predicted octanol–water partition coefficient (Wildman–Crippen LogP) is 2.80. The van der Waals surface area contributed by atoms with Crippen molar-refractivity contribution in [1.29, 1.82) is 0 Å². The number of nitrogens with zero attached hydrogens (tertiary/aromatic N) is 5. The molecular weight excluding hydrogens is 564 g/mol. The number of amides is 1. The van der Waals surface area contributed by atoms with Gasteiger partial charge in [0.2, 0.25) is 5.91 Å². The lowest BCUT2D eigenvalue weighted by Gasteiger charge is -2.33. The monoisotopic (exact) mass is 589 g/mol. The number of hydrogen-bond donors (Lipinski definition) is 2. The highest BCUT2D eigenvalue weighted by Gasteiger charge is 2.39. The lowest BCUT2D eigenvalue weighted by Crippen LogP contribution is -2.39. The highest BCUT2D eigenvalue weighted by atomic mass is 32.1. The summed E-state index contributed by atoms with van der Waals surface area (Å²) >= 11 is 1.68. The van der Waals surface area contributed by atoms with Gasteiger partial charge in [-0.05, 0) is 12.8 Å². The number of imidazole rings is 1. The van der Waals surface area contributed by atoms with E-state index in [4.69, 9.17) is 24.5 Å². The summed E-state index contributed by atoms with van der Waals surface area (Å²) < 4.78 is 71.4. The van der Waals surface area contributed by atoms with Gasteiger partial charge in [0, 0.05) is 44.0 Å². The van der Waals surface area contributed by atoms with Gasteiger partial charge in [0.25, 0.3) is 0 Å². The molecule has 2 N–H and O–H groups in total. The summed E-state index contributed by atoms with van der Waals surface area (Å²) in [5, 5.41) is 17.4. The number of hydrogen-bond acceptors (Lipinski definition) is 8. The van der Waals surface area contributed by atoms with E-state index in [0.29, 0.717) is 6.61 Å². The van der Waals surface area contributed by atoms with Crippen molar-refractivity contribution in [3.8, 4) is 0 Å². The second-order valence-corrected chi connectivity index (χ2v) is 9.23. The molecule has 39 heavy (non-hydrogen) atoms. The Morgan fingerprint density at radius 1 is 1.05 bits per heavy atom. The summed E-state index contributed by atoms with van der Waals surface area (Å²) in [6.45, 7) is 5.03. The minimum Gasteiger partial charge on any atom is -0.475 e. The number of rotatable bonds is 6. The molecule has 0 aliphatic carbocycles. The molecule has 0 bridgehead atoms. The van der Waals surface area contributed by atoms with Crippen molar-refractivity contribution < 1.29 is 55.7 Å². The molecule has 1 saturated heterocycles. The standard InChI is InChI=1S/C17H23N5O2S.2C2HF3O2/c23-17(21-4-1-2-5-21)12-24-11-15-9-20(10-16-19-3-6-25-16)8-14-7-18-13-22(14)15;2*3-2(4,5)1(6)7/h3,6-7,13,15H,1-2,4-5,8-12H2;2*(H,6,7). The van der Waals surface area contributed by atoms with Crippen LogP contribution in [-0.4, -0.2) is 97.6 Å². The van der Waals surface area contributed by atoms with Gasteiger partial charge in [-0.25, -0.2) is 19.6 Å². The lowest BCUT2D eigenvalue weighted by molar-refractivity contribution is -0.193. The highest BCUT2D eigenvalue weighted by Crippen LogP contribution is 2.23. The van der Waals surface area contributed by atoms with E-state index in [1.54, 1.807) is 11.3 Å². The van der Waals surface area contributed by atoms with Gasteiger partial charge in [-0.1, -0.05) is 0 Å². The van der Waals surface area contributed by atoms with E-state index in [1.807, 2.05) is 29.0 Å². The number of likely N-dealkylation sites (tertiary alicyclic amines) is 1. The van der Waals surface area contributed by atoms with Crippen molar-refractivity contribution in [3.63, 3.8) is 0 Å². The quantitative estimate of drug-likeness (QED) is 0.487. The summed E-state index contributed by atoms with van der Waals surface area (Å²) in [7, 11) is 0. The van der Waals surface area contributed by atoms with E-state index >= 15 is 0 Å². The molecule has 0 radical (unpaired) electrons. The molecule has 1 fully saturated rings. The third-order valence-electron chi connectivity index (χ3n) is 5.32. The zero-order valence-electron chi connectivity index (χ0n) is 20.2. The molecule has 1 atom stereocenters. The largest absolute Gasteiger partial charge is 0.490 e. The maximum atomic E-state index is 12.1. The smallest absolute Gasteiger partial charge is 0.475 e. The number of carboxylic acid groups (broad SMARTS) is 2. The Morgan fingerprint density at radius 2 is 1.64 bits per heavy atom.